The zero-order chi connectivity index (χ0) is 33.6. The molecule has 46 heavy (non-hydrogen) atoms. The van der Waals surface area contributed by atoms with Crippen LogP contribution in [0.1, 0.15) is 44.5 Å². The van der Waals surface area contributed by atoms with Gasteiger partial charge in [-0.3, -0.25) is 0 Å². The lowest BCUT2D eigenvalue weighted by Gasteiger charge is -2.14. The van der Waals surface area contributed by atoms with E-state index in [2.05, 4.69) is 0 Å². The average molecular weight is 634 g/mol. The summed E-state index contributed by atoms with van der Waals surface area (Å²) in [7, 11) is 6.17. The summed E-state index contributed by atoms with van der Waals surface area (Å²) >= 11 is 0. The molecular formula is C36H43NO9. The van der Waals surface area contributed by atoms with Gasteiger partial charge in [-0.05, 0) is 88.7 Å². The summed E-state index contributed by atoms with van der Waals surface area (Å²) < 4.78 is 20.7. The van der Waals surface area contributed by atoms with Crippen LogP contribution in [0.2, 0.25) is 0 Å². The van der Waals surface area contributed by atoms with Gasteiger partial charge in [-0.25, -0.2) is 0 Å². The Hall–Kier alpha value is -4.74. The van der Waals surface area contributed by atoms with Gasteiger partial charge >= 0.3 is 0 Å². The van der Waals surface area contributed by atoms with Crippen LogP contribution in [0.15, 0.2) is 60.7 Å². The summed E-state index contributed by atoms with van der Waals surface area (Å²) in [5, 5.41) is 47.5. The lowest BCUT2D eigenvalue weighted by Crippen LogP contribution is -2.02. The van der Waals surface area contributed by atoms with Crippen LogP contribution in [0, 0.1) is 0 Å². The van der Waals surface area contributed by atoms with Crippen molar-refractivity contribution in [2.75, 3.05) is 34.2 Å². The number of ether oxygens (including phenoxy) is 4. The summed E-state index contributed by atoms with van der Waals surface area (Å²) in [4.78, 5) is 0. The van der Waals surface area contributed by atoms with Crippen molar-refractivity contribution in [2.45, 2.75) is 39.3 Å². The minimum Gasteiger partial charge on any atom is -0.504 e. The standard InChI is InChI=1S/C18H21NO4.C18H22O5/c1-22-17-6-5-12(8-16(17)19)3-4-13-7-14(10-20)15(11-21)18(9-13)23-2;1-22-17-6-5-12(8-16(17)21)3-4-13-7-14(10-19)15(11-20)18(9-13)23-2/h3-9,20-21H,10-11,19H2,1-2H3;5-9,19-21H,3-4,10-11H2,1-2H3/b4-3-;. The molecule has 10 nitrogen and oxygen atoms in total. The highest BCUT2D eigenvalue weighted by molar-refractivity contribution is 5.73. The minimum absolute atomic E-state index is 0.120. The summed E-state index contributed by atoms with van der Waals surface area (Å²) in [6, 6.07) is 18.2. The fourth-order valence-electron chi connectivity index (χ4n) is 4.97. The molecule has 0 aromatic heterocycles. The van der Waals surface area contributed by atoms with E-state index in [0.29, 0.717) is 50.9 Å². The van der Waals surface area contributed by atoms with E-state index in [1.807, 2.05) is 60.7 Å². The molecule has 0 aliphatic heterocycles. The molecular weight excluding hydrogens is 590 g/mol. The number of rotatable bonds is 13. The summed E-state index contributed by atoms with van der Waals surface area (Å²) in [5.41, 5.74) is 12.7. The number of nitrogens with two attached hydrogens (primary N) is 1. The normalized spacial score (nSPS) is 10.8. The van der Waals surface area contributed by atoms with Gasteiger partial charge in [0.2, 0.25) is 0 Å². The third-order valence-electron chi connectivity index (χ3n) is 7.45. The number of anilines is 1. The number of aliphatic hydroxyl groups excluding tert-OH is 4. The zero-order valence-corrected chi connectivity index (χ0v) is 26.6. The number of aromatic hydroxyl groups is 1. The number of phenolic OH excluding ortho intramolecular Hbond substituents is 1. The quantitative estimate of drug-likeness (QED) is 0.0904. The van der Waals surface area contributed by atoms with Crippen molar-refractivity contribution in [1.29, 1.82) is 0 Å². The zero-order valence-electron chi connectivity index (χ0n) is 26.6. The number of aryl methyl sites for hydroxylation is 2. The van der Waals surface area contributed by atoms with Gasteiger partial charge < -0.3 is 50.2 Å². The highest BCUT2D eigenvalue weighted by Gasteiger charge is 2.12. The first kappa shape index (κ1) is 35.7. The Kier molecular flexibility index (Phi) is 13.7. The highest BCUT2D eigenvalue weighted by atomic mass is 16.5. The van der Waals surface area contributed by atoms with Crippen LogP contribution in [0.5, 0.6) is 28.7 Å². The van der Waals surface area contributed by atoms with Gasteiger partial charge in [0, 0.05) is 11.1 Å². The maximum atomic E-state index is 9.82. The second-order valence-electron chi connectivity index (χ2n) is 10.3. The van der Waals surface area contributed by atoms with Crippen LogP contribution >= 0.6 is 0 Å². The number of benzene rings is 4. The Labute approximate surface area is 269 Å². The van der Waals surface area contributed by atoms with E-state index in [1.54, 1.807) is 26.4 Å². The molecule has 0 aliphatic rings. The fourth-order valence-corrected chi connectivity index (χ4v) is 4.97. The van der Waals surface area contributed by atoms with E-state index in [-0.39, 0.29) is 32.2 Å². The van der Waals surface area contributed by atoms with Crippen LogP contribution in [0.3, 0.4) is 0 Å². The van der Waals surface area contributed by atoms with Crippen LogP contribution in [0.25, 0.3) is 12.2 Å². The molecule has 0 spiro atoms. The fraction of sp³-hybridized carbons (Fsp3) is 0.278. The first-order chi connectivity index (χ1) is 22.2. The molecule has 10 heteroatoms. The number of phenols is 1. The van der Waals surface area contributed by atoms with Gasteiger partial charge in [0.25, 0.3) is 0 Å². The molecule has 246 valence electrons. The number of aliphatic hydroxyl groups is 4. The molecule has 7 N–H and O–H groups in total. The van der Waals surface area contributed by atoms with E-state index >= 15 is 0 Å². The molecule has 0 amide bonds. The monoisotopic (exact) mass is 633 g/mol. The van der Waals surface area contributed by atoms with E-state index in [4.69, 9.17) is 24.7 Å². The Morgan fingerprint density at radius 2 is 1.09 bits per heavy atom. The summed E-state index contributed by atoms with van der Waals surface area (Å²) in [5.74, 6) is 2.33. The van der Waals surface area contributed by atoms with Crippen molar-refractivity contribution in [2.24, 2.45) is 0 Å². The molecule has 0 radical (unpaired) electrons. The number of hydrogen-bond donors (Lipinski definition) is 6. The van der Waals surface area contributed by atoms with Crippen LogP contribution in [-0.2, 0) is 39.3 Å². The maximum Gasteiger partial charge on any atom is 0.160 e. The molecule has 0 saturated carbocycles. The Morgan fingerprint density at radius 1 is 0.543 bits per heavy atom. The Balaban J connectivity index is 0.000000250. The minimum atomic E-state index is -0.182. The number of methoxy groups -OCH3 is 4. The lowest BCUT2D eigenvalue weighted by molar-refractivity contribution is 0.254. The third-order valence-corrected chi connectivity index (χ3v) is 7.45. The largest absolute Gasteiger partial charge is 0.504 e. The molecule has 0 aliphatic carbocycles. The van der Waals surface area contributed by atoms with Crippen LogP contribution in [0.4, 0.5) is 5.69 Å². The molecule has 4 rings (SSSR count). The summed E-state index contributed by atoms with van der Waals surface area (Å²) in [6.07, 6.45) is 5.25. The van der Waals surface area contributed by atoms with Crippen molar-refractivity contribution >= 4 is 17.8 Å². The molecule has 0 bridgehead atoms. The molecule has 0 heterocycles. The highest BCUT2D eigenvalue weighted by Crippen LogP contribution is 2.30. The maximum absolute atomic E-state index is 9.82. The van der Waals surface area contributed by atoms with Crippen LogP contribution in [-0.4, -0.2) is 54.0 Å². The van der Waals surface area contributed by atoms with Gasteiger partial charge in [-0.15, -0.1) is 0 Å². The van der Waals surface area contributed by atoms with Gasteiger partial charge in [0.15, 0.2) is 11.5 Å². The number of hydrogen-bond acceptors (Lipinski definition) is 10. The van der Waals surface area contributed by atoms with E-state index in [0.717, 1.165) is 35.1 Å². The van der Waals surface area contributed by atoms with Gasteiger partial charge in [-0.2, -0.15) is 0 Å². The summed E-state index contributed by atoms with van der Waals surface area (Å²) in [6.45, 7) is -0.670. The predicted octanol–water partition coefficient (Wildman–Crippen LogP) is 4.62. The van der Waals surface area contributed by atoms with Gasteiger partial charge in [0.1, 0.15) is 17.2 Å². The third kappa shape index (κ3) is 9.15. The molecule has 0 saturated heterocycles. The second-order valence-corrected chi connectivity index (χ2v) is 10.3. The molecule has 0 fully saturated rings. The smallest absolute Gasteiger partial charge is 0.160 e. The van der Waals surface area contributed by atoms with Crippen LogP contribution < -0.4 is 24.7 Å². The van der Waals surface area contributed by atoms with E-state index < -0.39 is 0 Å². The van der Waals surface area contributed by atoms with Gasteiger partial charge in [0.05, 0.1) is 60.6 Å². The molecule has 4 aromatic carbocycles. The van der Waals surface area contributed by atoms with Crippen molar-refractivity contribution < 1.29 is 44.5 Å². The van der Waals surface area contributed by atoms with Crippen molar-refractivity contribution in [3.8, 4) is 28.7 Å². The van der Waals surface area contributed by atoms with E-state index in [9.17, 15) is 25.5 Å². The second kappa shape index (κ2) is 17.7. The van der Waals surface area contributed by atoms with Crippen molar-refractivity contribution in [3.05, 3.63) is 105 Å². The Bertz CT molecular complexity index is 1570. The van der Waals surface area contributed by atoms with Crippen molar-refractivity contribution in [3.63, 3.8) is 0 Å². The number of nitrogen functional groups attached to an aromatic ring is 1. The molecule has 0 unspecified atom stereocenters. The van der Waals surface area contributed by atoms with Gasteiger partial charge in [-0.1, -0.05) is 30.4 Å². The lowest BCUT2D eigenvalue weighted by atomic mass is 9.98. The topological polar surface area (TPSA) is 164 Å². The predicted molar refractivity (Wildman–Crippen MR) is 178 cm³/mol. The molecule has 4 aromatic rings. The first-order valence-electron chi connectivity index (χ1n) is 14.5. The Morgan fingerprint density at radius 3 is 1.63 bits per heavy atom. The first-order valence-corrected chi connectivity index (χ1v) is 14.5. The van der Waals surface area contributed by atoms with E-state index in [1.165, 1.54) is 14.2 Å². The van der Waals surface area contributed by atoms with Crippen molar-refractivity contribution in [1.82, 2.24) is 0 Å². The average Bonchev–Trinajstić information content (AvgIpc) is 3.08. The molecule has 0 atom stereocenters. The SMILES string of the molecule is COc1ccc(/C=C\c2cc(CO)c(CO)c(OC)c2)cc1N.COc1ccc(CCc2cc(CO)c(CO)c(OC)c2)cc1O.